The van der Waals surface area contributed by atoms with Gasteiger partial charge in [-0.2, -0.15) is 0 Å². The lowest BCUT2D eigenvalue weighted by atomic mass is 10.4. The van der Waals surface area contributed by atoms with Crippen LogP contribution in [0.15, 0.2) is 0 Å². The summed E-state index contributed by atoms with van der Waals surface area (Å²) in [4.78, 5) is 12.9. The van der Waals surface area contributed by atoms with Crippen molar-refractivity contribution in [2.75, 3.05) is 26.8 Å². The predicted molar refractivity (Wildman–Crippen MR) is 47.9 cm³/mol. The maximum atomic E-state index is 4.53. The molecule has 1 fully saturated rings. The van der Waals surface area contributed by atoms with Crippen molar-refractivity contribution in [2.45, 2.75) is 19.8 Å². The number of nitrogens with zero attached hydrogens (tertiary/aromatic N) is 1. The van der Waals surface area contributed by atoms with E-state index in [4.69, 9.17) is 0 Å². The Morgan fingerprint density at radius 2 is 1.92 bits per heavy atom. The lowest BCUT2D eigenvalue weighted by Gasteiger charge is -2.12. The number of hydrogen-bond acceptors (Lipinski definition) is 6. The van der Waals surface area contributed by atoms with Crippen molar-refractivity contribution in [3.8, 4) is 0 Å². The molecule has 6 nitrogen and oxygen atoms in total. The van der Waals surface area contributed by atoms with Crippen LogP contribution in [-0.4, -0.2) is 31.8 Å². The van der Waals surface area contributed by atoms with Crippen LogP contribution in [0, 0.1) is 0 Å². The predicted octanol–water partition coefficient (Wildman–Crippen LogP) is -0.0236. The molecule has 1 aliphatic rings. The smallest absolute Gasteiger partial charge is 0.0733 e. The first-order chi connectivity index (χ1) is 6.35. The van der Waals surface area contributed by atoms with E-state index >= 15 is 0 Å². The first-order valence-electron chi connectivity index (χ1n) is 4.37. The molecule has 0 aliphatic carbocycles. The Morgan fingerprint density at radius 3 is 2.31 bits per heavy atom. The molecule has 1 aliphatic heterocycles. The molecular weight excluding hydrogens is 174 g/mol. The largest absolute Gasteiger partial charge is 0.305 e. The Bertz CT molecular complexity index is 97.0. The number of hydrazine groups is 1. The van der Waals surface area contributed by atoms with Gasteiger partial charge in [-0.15, -0.1) is 10.6 Å². The van der Waals surface area contributed by atoms with Gasteiger partial charge in [0, 0.05) is 13.1 Å². The molecular formula is C7H19N3O3. The minimum atomic E-state index is 0.597. The summed E-state index contributed by atoms with van der Waals surface area (Å²) in [5.74, 6) is 4.53. The Labute approximate surface area is 78.7 Å². The summed E-state index contributed by atoms with van der Waals surface area (Å²) in [5.41, 5.74) is 2.64. The molecule has 0 amide bonds. The molecule has 0 radical (unpaired) electrons. The van der Waals surface area contributed by atoms with E-state index in [1.54, 1.807) is 0 Å². The number of hydrogen-bond donors (Lipinski definition) is 2. The second-order valence-electron chi connectivity index (χ2n) is 2.49. The third-order valence-corrected chi connectivity index (χ3v) is 1.52. The van der Waals surface area contributed by atoms with Gasteiger partial charge < -0.3 is 4.84 Å². The van der Waals surface area contributed by atoms with Crippen molar-refractivity contribution in [3.63, 3.8) is 0 Å². The van der Waals surface area contributed by atoms with E-state index in [-0.39, 0.29) is 0 Å². The van der Waals surface area contributed by atoms with Crippen molar-refractivity contribution in [1.82, 2.24) is 10.6 Å². The zero-order chi connectivity index (χ0) is 9.94. The third kappa shape index (κ3) is 8.10. The maximum Gasteiger partial charge on any atom is 0.0733 e. The topological polar surface area (TPSA) is 69.0 Å². The van der Waals surface area contributed by atoms with Crippen molar-refractivity contribution >= 4 is 0 Å². The summed E-state index contributed by atoms with van der Waals surface area (Å²) in [6, 6.07) is 0. The molecule has 13 heavy (non-hydrogen) atoms. The average molecular weight is 193 g/mol. The molecule has 0 aromatic rings. The summed E-state index contributed by atoms with van der Waals surface area (Å²) in [5, 5.41) is 1.98. The van der Waals surface area contributed by atoms with Crippen LogP contribution in [0.5, 0.6) is 0 Å². The Hall–Kier alpha value is -0.240. The van der Waals surface area contributed by atoms with Gasteiger partial charge in [0.1, 0.15) is 0 Å². The molecule has 6 heteroatoms. The van der Waals surface area contributed by atoms with Crippen LogP contribution in [0.1, 0.15) is 19.8 Å². The Balaban J connectivity index is 0.000000310. The van der Waals surface area contributed by atoms with Gasteiger partial charge in [0.15, 0.2) is 0 Å². The molecule has 0 unspecified atom stereocenters. The van der Waals surface area contributed by atoms with Gasteiger partial charge in [0.2, 0.25) is 0 Å². The van der Waals surface area contributed by atoms with Crippen molar-refractivity contribution in [1.29, 1.82) is 0 Å². The van der Waals surface area contributed by atoms with E-state index in [2.05, 4.69) is 26.2 Å². The van der Waals surface area contributed by atoms with E-state index in [1.165, 1.54) is 20.0 Å². The Kier molecular flexibility index (Phi) is 9.66. The highest BCUT2D eigenvalue weighted by molar-refractivity contribution is 4.58. The number of nitrogens with two attached hydrogens (primary N) is 1. The molecule has 1 saturated heterocycles. The molecule has 1 rings (SSSR count). The molecule has 0 bridgehead atoms. The lowest BCUT2D eigenvalue weighted by molar-refractivity contribution is -0.351. The van der Waals surface area contributed by atoms with Gasteiger partial charge >= 0.3 is 0 Å². The molecule has 80 valence electrons. The van der Waals surface area contributed by atoms with Gasteiger partial charge in [0.25, 0.3) is 0 Å². The number of nitrogens with one attached hydrogen (secondary N) is 1. The third-order valence-electron chi connectivity index (χ3n) is 1.52. The molecule has 0 spiro atoms. The standard InChI is InChI=1S/C5H12N2O2.C2H7NO/c1-8-9-6-7-4-2-3-5-7;1-2-4-3/h6H,2-5H2,1H3;2-3H2,1H3. The zero-order valence-corrected chi connectivity index (χ0v) is 8.28. The van der Waals surface area contributed by atoms with Crippen molar-refractivity contribution < 1.29 is 14.7 Å². The highest BCUT2D eigenvalue weighted by Crippen LogP contribution is 2.02. The van der Waals surface area contributed by atoms with Gasteiger partial charge in [-0.25, -0.2) is 15.8 Å². The summed E-state index contributed by atoms with van der Waals surface area (Å²) in [6.45, 7) is 4.52. The van der Waals surface area contributed by atoms with E-state index in [9.17, 15) is 0 Å². The van der Waals surface area contributed by atoms with Gasteiger partial charge in [-0.1, -0.05) is 0 Å². The molecule has 0 aromatic heterocycles. The van der Waals surface area contributed by atoms with Crippen LogP contribution < -0.4 is 11.5 Å². The highest BCUT2D eigenvalue weighted by atomic mass is 17.3. The van der Waals surface area contributed by atoms with Gasteiger partial charge in [-0.3, -0.25) is 0 Å². The van der Waals surface area contributed by atoms with Crippen molar-refractivity contribution in [2.24, 2.45) is 5.90 Å². The fourth-order valence-corrected chi connectivity index (χ4v) is 0.898. The molecule has 3 N–H and O–H groups in total. The van der Waals surface area contributed by atoms with Crippen LogP contribution in [0.2, 0.25) is 0 Å². The van der Waals surface area contributed by atoms with Crippen LogP contribution >= 0.6 is 0 Å². The monoisotopic (exact) mass is 193 g/mol. The summed E-state index contributed by atoms with van der Waals surface area (Å²) >= 11 is 0. The molecule has 0 aromatic carbocycles. The van der Waals surface area contributed by atoms with E-state index < -0.39 is 0 Å². The first-order valence-corrected chi connectivity index (χ1v) is 4.37. The van der Waals surface area contributed by atoms with Gasteiger partial charge in [0.05, 0.1) is 13.7 Å². The molecule has 0 atom stereocenters. The minimum absolute atomic E-state index is 0.597. The first kappa shape index (κ1) is 12.8. The van der Waals surface area contributed by atoms with E-state index in [0.717, 1.165) is 13.1 Å². The maximum absolute atomic E-state index is 4.53. The van der Waals surface area contributed by atoms with E-state index in [0.29, 0.717) is 6.61 Å². The number of rotatable bonds is 4. The van der Waals surface area contributed by atoms with Crippen LogP contribution in [-0.2, 0) is 14.7 Å². The fraction of sp³-hybridized carbons (Fsp3) is 1.00. The fourth-order valence-electron chi connectivity index (χ4n) is 0.898. The van der Waals surface area contributed by atoms with Gasteiger partial charge in [-0.05, 0) is 19.8 Å². The van der Waals surface area contributed by atoms with Crippen LogP contribution in [0.4, 0.5) is 0 Å². The molecule has 1 heterocycles. The normalized spacial score (nSPS) is 16.8. The lowest BCUT2D eigenvalue weighted by Crippen LogP contribution is -2.34. The average Bonchev–Trinajstić information content (AvgIpc) is 2.67. The highest BCUT2D eigenvalue weighted by Gasteiger charge is 2.10. The van der Waals surface area contributed by atoms with Crippen LogP contribution in [0.25, 0.3) is 0 Å². The summed E-state index contributed by atoms with van der Waals surface area (Å²) in [7, 11) is 1.48. The second kappa shape index (κ2) is 9.85. The molecule has 0 saturated carbocycles. The van der Waals surface area contributed by atoms with Crippen LogP contribution in [0.3, 0.4) is 0 Å². The Morgan fingerprint density at radius 1 is 1.38 bits per heavy atom. The van der Waals surface area contributed by atoms with E-state index in [1.807, 2.05) is 11.9 Å². The zero-order valence-electron chi connectivity index (χ0n) is 8.28. The minimum Gasteiger partial charge on any atom is -0.305 e. The second-order valence-corrected chi connectivity index (χ2v) is 2.49. The van der Waals surface area contributed by atoms with Crippen molar-refractivity contribution in [3.05, 3.63) is 0 Å². The summed E-state index contributed by atoms with van der Waals surface area (Å²) < 4.78 is 0. The summed E-state index contributed by atoms with van der Waals surface area (Å²) in [6.07, 6.45) is 2.47. The SMILES string of the molecule is CCON.COONN1CCCC1. The quantitative estimate of drug-likeness (QED) is 0.483.